The van der Waals surface area contributed by atoms with Gasteiger partial charge in [0.2, 0.25) is 0 Å². The van der Waals surface area contributed by atoms with E-state index < -0.39 is 0 Å². The van der Waals surface area contributed by atoms with Crippen LogP contribution in [0.1, 0.15) is 15.9 Å². The number of benzene rings is 1. The lowest BCUT2D eigenvalue weighted by Crippen LogP contribution is -2.12. The first kappa shape index (κ1) is 18.4. The summed E-state index contributed by atoms with van der Waals surface area (Å²) >= 11 is 0. The number of carbonyl (C=O) groups excluding carboxylic acids is 1. The van der Waals surface area contributed by atoms with Gasteiger partial charge in [-0.15, -0.1) is 0 Å². The number of H-pyrrole nitrogens is 1. The number of aromatic nitrogens is 7. The van der Waals surface area contributed by atoms with Crippen LogP contribution in [0, 0.1) is 6.92 Å². The summed E-state index contributed by atoms with van der Waals surface area (Å²) in [5.41, 5.74) is 2.84. The first-order valence-electron chi connectivity index (χ1n) is 9.47. The number of hydrogen-bond donors (Lipinski definition) is 3. The molecule has 0 bridgehead atoms. The normalized spacial score (nSPS) is 10.9. The van der Waals surface area contributed by atoms with Crippen LogP contribution in [0.25, 0.3) is 16.9 Å². The van der Waals surface area contributed by atoms with E-state index in [0.29, 0.717) is 28.7 Å². The quantitative estimate of drug-likeness (QED) is 0.405. The lowest BCUT2D eigenvalue weighted by Gasteiger charge is -2.11. The van der Waals surface area contributed by atoms with E-state index in [1.54, 1.807) is 41.5 Å². The Labute approximate surface area is 176 Å². The molecule has 0 aliphatic heterocycles. The number of anilines is 3. The van der Waals surface area contributed by atoms with Crippen LogP contribution in [0.3, 0.4) is 0 Å². The molecule has 0 saturated heterocycles. The van der Waals surface area contributed by atoms with E-state index in [-0.39, 0.29) is 5.91 Å². The van der Waals surface area contributed by atoms with Crippen molar-refractivity contribution in [3.05, 3.63) is 78.5 Å². The zero-order valence-corrected chi connectivity index (χ0v) is 16.4. The van der Waals surface area contributed by atoms with E-state index in [1.807, 2.05) is 31.2 Å². The van der Waals surface area contributed by atoms with Crippen LogP contribution >= 0.6 is 0 Å². The van der Waals surface area contributed by atoms with Crippen LogP contribution in [0.5, 0.6) is 0 Å². The second-order valence-corrected chi connectivity index (χ2v) is 6.78. The highest BCUT2D eigenvalue weighted by Gasteiger charge is 2.14. The minimum Gasteiger partial charge on any atom is -0.339 e. The molecule has 3 N–H and O–H groups in total. The summed E-state index contributed by atoms with van der Waals surface area (Å²) in [5.74, 6) is 1.53. The molecule has 0 unspecified atom stereocenters. The van der Waals surface area contributed by atoms with Crippen LogP contribution in [0.15, 0.2) is 67.4 Å². The molecule has 1 amide bonds. The Morgan fingerprint density at radius 2 is 2.00 bits per heavy atom. The molecule has 0 spiro atoms. The van der Waals surface area contributed by atoms with Crippen molar-refractivity contribution >= 4 is 34.3 Å². The zero-order chi connectivity index (χ0) is 21.2. The molecule has 10 nitrogen and oxygen atoms in total. The molecule has 10 heteroatoms. The highest BCUT2D eigenvalue weighted by molar-refractivity contribution is 6.04. The zero-order valence-electron chi connectivity index (χ0n) is 16.4. The van der Waals surface area contributed by atoms with Crippen molar-refractivity contribution in [3.63, 3.8) is 0 Å². The average Bonchev–Trinajstić information content (AvgIpc) is 3.46. The standard InChI is InChI=1S/C21H17N9O/c1-13-5-6-14(21(31)28-17-7-9-25-29-17)10-16(13)27-19-15-11-26-30(20(15)24-12-23-19)18-4-2-3-8-22-18/h2-12H,1H3,(H,23,24,27)(H2,25,28,29,31). The molecule has 1 aromatic carbocycles. The Balaban J connectivity index is 1.47. The van der Waals surface area contributed by atoms with E-state index in [0.717, 1.165) is 16.6 Å². The van der Waals surface area contributed by atoms with E-state index in [4.69, 9.17) is 0 Å². The number of hydrogen-bond acceptors (Lipinski definition) is 7. The molecular weight excluding hydrogens is 394 g/mol. The topological polar surface area (TPSA) is 126 Å². The number of nitrogens with zero attached hydrogens (tertiary/aromatic N) is 6. The minimum atomic E-state index is -0.247. The molecule has 0 aliphatic rings. The van der Waals surface area contributed by atoms with Gasteiger partial charge in [0.25, 0.3) is 5.91 Å². The van der Waals surface area contributed by atoms with Crippen molar-refractivity contribution in [1.29, 1.82) is 0 Å². The molecule has 0 aliphatic carbocycles. The van der Waals surface area contributed by atoms with Gasteiger partial charge in [0.05, 0.1) is 17.8 Å². The lowest BCUT2D eigenvalue weighted by molar-refractivity contribution is 0.102. The first-order valence-corrected chi connectivity index (χ1v) is 9.47. The fourth-order valence-corrected chi connectivity index (χ4v) is 3.14. The average molecular weight is 411 g/mol. The summed E-state index contributed by atoms with van der Waals surface area (Å²) < 4.78 is 1.66. The van der Waals surface area contributed by atoms with Gasteiger partial charge in [0.15, 0.2) is 11.5 Å². The lowest BCUT2D eigenvalue weighted by atomic mass is 10.1. The van der Waals surface area contributed by atoms with Gasteiger partial charge in [-0.3, -0.25) is 9.89 Å². The highest BCUT2D eigenvalue weighted by Crippen LogP contribution is 2.26. The monoisotopic (exact) mass is 411 g/mol. The number of carbonyl (C=O) groups is 1. The second-order valence-electron chi connectivity index (χ2n) is 6.78. The molecule has 152 valence electrons. The second kappa shape index (κ2) is 7.67. The maximum Gasteiger partial charge on any atom is 0.256 e. The summed E-state index contributed by atoms with van der Waals surface area (Å²) in [4.78, 5) is 25.6. The van der Waals surface area contributed by atoms with Gasteiger partial charge < -0.3 is 10.6 Å². The van der Waals surface area contributed by atoms with E-state index in [1.165, 1.54) is 6.33 Å². The van der Waals surface area contributed by atoms with Crippen molar-refractivity contribution in [3.8, 4) is 5.82 Å². The number of pyridine rings is 1. The Hall–Kier alpha value is -4.60. The number of aryl methyl sites for hydroxylation is 1. The number of aromatic amines is 1. The van der Waals surface area contributed by atoms with E-state index in [9.17, 15) is 4.79 Å². The highest BCUT2D eigenvalue weighted by atomic mass is 16.1. The van der Waals surface area contributed by atoms with Gasteiger partial charge in [-0.2, -0.15) is 14.9 Å². The van der Waals surface area contributed by atoms with Crippen LogP contribution in [-0.2, 0) is 0 Å². The number of amides is 1. The SMILES string of the molecule is Cc1ccc(C(=O)Nc2ccn[nH]2)cc1Nc1ncnc2c1cnn2-c1ccccn1. The number of fused-ring (bicyclic) bond motifs is 1. The molecule has 0 fully saturated rings. The molecule has 4 heterocycles. The predicted octanol–water partition coefficient (Wildman–Crippen LogP) is 3.24. The molecule has 0 saturated carbocycles. The van der Waals surface area contributed by atoms with Gasteiger partial charge in [0, 0.05) is 23.5 Å². The van der Waals surface area contributed by atoms with E-state index in [2.05, 4.69) is 40.9 Å². The summed E-state index contributed by atoms with van der Waals surface area (Å²) in [5, 5.41) is 17.8. The molecule has 5 rings (SSSR count). The van der Waals surface area contributed by atoms with Crippen LogP contribution < -0.4 is 10.6 Å². The third-order valence-corrected chi connectivity index (χ3v) is 4.73. The van der Waals surface area contributed by atoms with Crippen LogP contribution in [-0.4, -0.2) is 40.8 Å². The molecular formula is C21H17N9O. The summed E-state index contributed by atoms with van der Waals surface area (Å²) in [6.07, 6.45) is 6.43. The summed E-state index contributed by atoms with van der Waals surface area (Å²) in [7, 11) is 0. The van der Waals surface area contributed by atoms with Gasteiger partial charge in [-0.05, 0) is 36.8 Å². The molecule has 31 heavy (non-hydrogen) atoms. The van der Waals surface area contributed by atoms with E-state index >= 15 is 0 Å². The summed E-state index contributed by atoms with van der Waals surface area (Å²) in [6.45, 7) is 1.95. The van der Waals surface area contributed by atoms with Crippen molar-refractivity contribution in [2.75, 3.05) is 10.6 Å². The third kappa shape index (κ3) is 3.57. The van der Waals surface area contributed by atoms with Crippen molar-refractivity contribution in [2.24, 2.45) is 0 Å². The fourth-order valence-electron chi connectivity index (χ4n) is 3.14. The Bertz CT molecular complexity index is 1360. The minimum absolute atomic E-state index is 0.247. The molecule has 0 atom stereocenters. The van der Waals surface area contributed by atoms with Crippen molar-refractivity contribution in [1.82, 2.24) is 34.9 Å². The van der Waals surface area contributed by atoms with Crippen molar-refractivity contribution in [2.45, 2.75) is 6.92 Å². The Morgan fingerprint density at radius 3 is 2.81 bits per heavy atom. The van der Waals surface area contributed by atoms with Crippen molar-refractivity contribution < 1.29 is 4.79 Å². The summed E-state index contributed by atoms with van der Waals surface area (Å²) in [6, 6.07) is 12.7. The smallest absolute Gasteiger partial charge is 0.256 e. The molecule has 5 aromatic rings. The van der Waals surface area contributed by atoms with Gasteiger partial charge in [-0.1, -0.05) is 12.1 Å². The Kier molecular flexibility index (Phi) is 4.56. The van der Waals surface area contributed by atoms with Gasteiger partial charge in [-0.25, -0.2) is 15.0 Å². The van der Waals surface area contributed by atoms with Gasteiger partial charge >= 0.3 is 0 Å². The number of rotatable bonds is 5. The maximum absolute atomic E-state index is 12.6. The fraction of sp³-hybridized carbons (Fsp3) is 0.0476. The molecule has 0 radical (unpaired) electrons. The molecule has 4 aromatic heterocycles. The Morgan fingerprint density at radius 1 is 1.06 bits per heavy atom. The van der Waals surface area contributed by atoms with Crippen LogP contribution in [0.2, 0.25) is 0 Å². The largest absolute Gasteiger partial charge is 0.339 e. The van der Waals surface area contributed by atoms with Crippen LogP contribution in [0.4, 0.5) is 17.3 Å². The first-order chi connectivity index (χ1) is 15.2. The van der Waals surface area contributed by atoms with Gasteiger partial charge in [0.1, 0.15) is 18.0 Å². The number of nitrogens with one attached hydrogen (secondary N) is 3. The third-order valence-electron chi connectivity index (χ3n) is 4.73. The maximum atomic E-state index is 12.6. The predicted molar refractivity (Wildman–Crippen MR) is 115 cm³/mol.